The topological polar surface area (TPSA) is 37.8 Å². The summed E-state index contributed by atoms with van der Waals surface area (Å²) >= 11 is 3.57. The molecule has 0 fully saturated rings. The summed E-state index contributed by atoms with van der Waals surface area (Å²) < 4.78 is 1.03. The molecule has 1 N–H and O–H groups in total. The predicted octanol–water partition coefficient (Wildman–Crippen LogP) is 4.36. The van der Waals surface area contributed by atoms with E-state index in [2.05, 4.69) is 62.4 Å². The molecule has 21 heavy (non-hydrogen) atoms. The molecule has 106 valence electrons. The molecule has 0 spiro atoms. The van der Waals surface area contributed by atoms with E-state index in [1.54, 1.807) is 0 Å². The molecule has 0 bridgehead atoms. The second-order valence-electron chi connectivity index (χ2n) is 4.96. The third kappa shape index (κ3) is 3.05. The van der Waals surface area contributed by atoms with E-state index in [1.165, 1.54) is 16.5 Å². The summed E-state index contributed by atoms with van der Waals surface area (Å²) in [6, 6.07) is 12.4. The maximum atomic E-state index is 4.49. The van der Waals surface area contributed by atoms with Gasteiger partial charge in [-0.1, -0.05) is 24.3 Å². The average molecular weight is 342 g/mol. The van der Waals surface area contributed by atoms with Gasteiger partial charge >= 0.3 is 0 Å². The van der Waals surface area contributed by atoms with Crippen molar-refractivity contribution in [2.24, 2.45) is 0 Å². The molecule has 0 atom stereocenters. The Kier molecular flexibility index (Phi) is 4.15. The van der Waals surface area contributed by atoms with Crippen molar-refractivity contribution in [3.8, 4) is 0 Å². The highest BCUT2D eigenvalue weighted by molar-refractivity contribution is 9.10. The zero-order valence-electron chi connectivity index (χ0n) is 11.8. The molecule has 3 rings (SSSR count). The number of pyridine rings is 2. The molecular weight excluding hydrogens is 326 g/mol. The van der Waals surface area contributed by atoms with E-state index in [1.807, 2.05) is 24.5 Å². The van der Waals surface area contributed by atoms with E-state index in [0.29, 0.717) is 0 Å². The minimum atomic E-state index is 0.824. The number of nitrogens with zero attached hydrogens (tertiary/aromatic N) is 2. The van der Waals surface area contributed by atoms with Crippen LogP contribution in [0.15, 0.2) is 53.3 Å². The van der Waals surface area contributed by atoms with Gasteiger partial charge in [0.2, 0.25) is 0 Å². The molecule has 0 aliphatic rings. The first-order valence-corrected chi connectivity index (χ1v) is 7.72. The Morgan fingerprint density at radius 1 is 1.05 bits per heavy atom. The molecule has 0 aliphatic carbocycles. The molecule has 3 aromatic rings. The largest absolute Gasteiger partial charge is 0.369 e. The Morgan fingerprint density at radius 2 is 1.90 bits per heavy atom. The van der Waals surface area contributed by atoms with Crippen LogP contribution in [0.25, 0.3) is 10.9 Å². The summed E-state index contributed by atoms with van der Waals surface area (Å²) in [6.45, 7) is 2.89. The molecule has 0 saturated carbocycles. The highest BCUT2D eigenvalue weighted by Crippen LogP contribution is 2.23. The lowest BCUT2D eigenvalue weighted by Gasteiger charge is -2.10. The quantitative estimate of drug-likeness (QED) is 0.766. The van der Waals surface area contributed by atoms with Crippen LogP contribution < -0.4 is 5.32 Å². The Hall–Kier alpha value is -1.94. The summed E-state index contributed by atoms with van der Waals surface area (Å²) in [7, 11) is 0. The lowest BCUT2D eigenvalue weighted by atomic mass is 10.1. The average Bonchev–Trinajstić information content (AvgIpc) is 2.52. The van der Waals surface area contributed by atoms with Crippen molar-refractivity contribution in [1.82, 2.24) is 9.97 Å². The second-order valence-corrected chi connectivity index (χ2v) is 5.75. The van der Waals surface area contributed by atoms with Gasteiger partial charge in [0.05, 0.1) is 9.99 Å². The second kappa shape index (κ2) is 6.22. The van der Waals surface area contributed by atoms with Crippen LogP contribution in [0.5, 0.6) is 0 Å². The van der Waals surface area contributed by atoms with Crippen LogP contribution in [0.1, 0.15) is 11.1 Å². The fourth-order valence-electron chi connectivity index (χ4n) is 2.35. The van der Waals surface area contributed by atoms with Gasteiger partial charge in [0.1, 0.15) is 5.82 Å². The maximum absolute atomic E-state index is 4.49. The molecule has 2 heterocycles. The van der Waals surface area contributed by atoms with Crippen LogP contribution in [0.4, 0.5) is 5.82 Å². The van der Waals surface area contributed by atoms with Crippen molar-refractivity contribution in [3.05, 3.63) is 64.4 Å². The number of halogens is 1. The molecule has 2 aromatic heterocycles. The Morgan fingerprint density at radius 3 is 2.81 bits per heavy atom. The fourth-order valence-corrected chi connectivity index (χ4v) is 2.72. The smallest absolute Gasteiger partial charge is 0.140 e. The monoisotopic (exact) mass is 341 g/mol. The van der Waals surface area contributed by atoms with Gasteiger partial charge in [-0.3, -0.25) is 4.98 Å². The van der Waals surface area contributed by atoms with Crippen LogP contribution in [-0.4, -0.2) is 16.5 Å². The van der Waals surface area contributed by atoms with Crippen molar-refractivity contribution < 1.29 is 0 Å². The van der Waals surface area contributed by atoms with Crippen molar-refractivity contribution in [2.75, 3.05) is 11.9 Å². The molecule has 0 unspecified atom stereocenters. The Bertz CT molecular complexity index is 766. The zero-order valence-corrected chi connectivity index (χ0v) is 13.4. The van der Waals surface area contributed by atoms with Crippen molar-refractivity contribution in [3.63, 3.8) is 0 Å². The number of nitrogens with one attached hydrogen (secondary N) is 1. The number of benzene rings is 1. The summed E-state index contributed by atoms with van der Waals surface area (Å²) in [5.74, 6) is 0.892. The van der Waals surface area contributed by atoms with Crippen LogP contribution in [0.3, 0.4) is 0 Å². The summed E-state index contributed by atoms with van der Waals surface area (Å²) in [4.78, 5) is 8.84. The minimum Gasteiger partial charge on any atom is -0.369 e. The molecule has 3 nitrogen and oxygen atoms in total. The first-order valence-electron chi connectivity index (χ1n) is 6.93. The summed E-state index contributed by atoms with van der Waals surface area (Å²) in [5, 5.41) is 4.57. The van der Waals surface area contributed by atoms with E-state index in [0.717, 1.165) is 28.8 Å². The number of rotatable bonds is 4. The number of aromatic nitrogens is 2. The number of aryl methyl sites for hydroxylation is 1. The van der Waals surface area contributed by atoms with Gasteiger partial charge in [0.15, 0.2) is 0 Å². The molecule has 0 aliphatic heterocycles. The number of para-hydroxylation sites is 1. The third-order valence-electron chi connectivity index (χ3n) is 3.49. The fraction of sp³-hybridized carbons (Fsp3) is 0.176. The van der Waals surface area contributed by atoms with Crippen molar-refractivity contribution in [1.29, 1.82) is 0 Å². The van der Waals surface area contributed by atoms with Gasteiger partial charge in [0, 0.05) is 24.3 Å². The van der Waals surface area contributed by atoms with Gasteiger partial charge in [-0.25, -0.2) is 4.98 Å². The van der Waals surface area contributed by atoms with Gasteiger partial charge in [-0.05, 0) is 52.5 Å². The standard InChI is InChI=1S/C17H16BrN3/c1-12-7-10-20-17(15(12)18)21-11-8-14-5-2-4-13-6-3-9-19-16(13)14/h2-7,9-10H,8,11H2,1H3,(H,20,21). The highest BCUT2D eigenvalue weighted by Gasteiger charge is 2.05. The van der Waals surface area contributed by atoms with Gasteiger partial charge in [0.25, 0.3) is 0 Å². The Balaban J connectivity index is 1.74. The van der Waals surface area contributed by atoms with Gasteiger partial charge in [-0.2, -0.15) is 0 Å². The maximum Gasteiger partial charge on any atom is 0.140 e. The van der Waals surface area contributed by atoms with Crippen LogP contribution in [0.2, 0.25) is 0 Å². The van der Waals surface area contributed by atoms with E-state index in [9.17, 15) is 0 Å². The first kappa shape index (κ1) is 14.0. The Labute approximate surface area is 132 Å². The number of hydrogen-bond donors (Lipinski definition) is 1. The normalized spacial score (nSPS) is 10.8. The summed E-state index contributed by atoms with van der Waals surface area (Å²) in [5.41, 5.74) is 3.52. The van der Waals surface area contributed by atoms with Gasteiger partial charge < -0.3 is 5.32 Å². The number of anilines is 1. The third-order valence-corrected chi connectivity index (χ3v) is 4.49. The number of fused-ring (bicyclic) bond motifs is 1. The molecule has 1 aromatic carbocycles. The number of hydrogen-bond acceptors (Lipinski definition) is 3. The van der Waals surface area contributed by atoms with Crippen LogP contribution in [-0.2, 0) is 6.42 Å². The lowest BCUT2D eigenvalue weighted by Crippen LogP contribution is -2.07. The highest BCUT2D eigenvalue weighted by atomic mass is 79.9. The van der Waals surface area contributed by atoms with E-state index >= 15 is 0 Å². The molecular formula is C17H16BrN3. The van der Waals surface area contributed by atoms with E-state index in [-0.39, 0.29) is 0 Å². The predicted molar refractivity (Wildman–Crippen MR) is 90.6 cm³/mol. The zero-order chi connectivity index (χ0) is 14.7. The molecule has 0 amide bonds. The SMILES string of the molecule is Cc1ccnc(NCCc2cccc3cccnc23)c1Br. The van der Waals surface area contributed by atoms with E-state index in [4.69, 9.17) is 0 Å². The first-order chi connectivity index (χ1) is 10.3. The van der Waals surface area contributed by atoms with Crippen molar-refractivity contribution in [2.45, 2.75) is 13.3 Å². The molecule has 0 radical (unpaired) electrons. The van der Waals surface area contributed by atoms with Crippen LogP contribution in [0, 0.1) is 6.92 Å². The molecule has 4 heteroatoms. The van der Waals surface area contributed by atoms with E-state index < -0.39 is 0 Å². The minimum absolute atomic E-state index is 0.824. The lowest BCUT2D eigenvalue weighted by molar-refractivity contribution is 1.01. The van der Waals surface area contributed by atoms with Crippen molar-refractivity contribution >= 4 is 32.7 Å². The van der Waals surface area contributed by atoms with Gasteiger partial charge in [-0.15, -0.1) is 0 Å². The van der Waals surface area contributed by atoms with Crippen LogP contribution >= 0.6 is 15.9 Å². The summed E-state index contributed by atoms with van der Waals surface area (Å²) in [6.07, 6.45) is 4.58. The molecule has 0 saturated heterocycles.